The van der Waals surface area contributed by atoms with Crippen molar-refractivity contribution < 1.29 is 8.42 Å². The van der Waals surface area contributed by atoms with E-state index in [0.29, 0.717) is 0 Å². The summed E-state index contributed by atoms with van der Waals surface area (Å²) in [6, 6.07) is 0. The first-order valence-corrected chi connectivity index (χ1v) is 5.03. The van der Waals surface area contributed by atoms with Crippen LogP contribution in [0.1, 0.15) is 6.42 Å². The number of hydrogen-bond acceptors (Lipinski definition) is 2. The van der Waals surface area contributed by atoms with E-state index in [1.165, 1.54) is 0 Å². The Bertz CT molecular complexity index is 187. The normalized spacial score (nSPS) is 37.2. The molecule has 48 valence electrons. The fraction of sp³-hybridized carbons (Fsp3) is 1.00. The molecule has 5 heteroatoms. The van der Waals surface area contributed by atoms with Gasteiger partial charge < -0.3 is 0 Å². The van der Waals surface area contributed by atoms with Gasteiger partial charge in [0.15, 0.2) is 0 Å². The summed E-state index contributed by atoms with van der Waals surface area (Å²) in [5.41, 5.74) is 0. The average Bonchev–Trinajstić information content (AvgIpc) is 2.13. The molecule has 0 unspecified atom stereocenters. The SMILES string of the molecule is NS(=O)(=O)[C@@H]1C[C@H]1I. The predicted molar refractivity (Wildman–Crippen MR) is 39.3 cm³/mol. The largest absolute Gasteiger partial charge is 0.228 e. The minimum atomic E-state index is -3.19. The molecule has 0 aromatic rings. The van der Waals surface area contributed by atoms with Crippen LogP contribution in [0, 0.1) is 0 Å². The summed E-state index contributed by atoms with van der Waals surface area (Å²) in [6.45, 7) is 0. The van der Waals surface area contributed by atoms with Crippen molar-refractivity contribution >= 4 is 32.6 Å². The second-order valence-electron chi connectivity index (χ2n) is 1.88. The molecule has 0 aliphatic heterocycles. The molecular weight excluding hydrogens is 241 g/mol. The Balaban J connectivity index is 2.66. The highest BCUT2D eigenvalue weighted by Gasteiger charge is 2.43. The van der Waals surface area contributed by atoms with Crippen molar-refractivity contribution in [3.63, 3.8) is 0 Å². The molecule has 0 aromatic heterocycles. The Hall–Kier alpha value is 0.640. The Morgan fingerprint density at radius 1 is 1.62 bits per heavy atom. The Labute approximate surface area is 61.8 Å². The van der Waals surface area contributed by atoms with Crippen LogP contribution in [0.2, 0.25) is 0 Å². The van der Waals surface area contributed by atoms with Crippen molar-refractivity contribution in [3.05, 3.63) is 0 Å². The topological polar surface area (TPSA) is 60.2 Å². The molecule has 1 rings (SSSR count). The monoisotopic (exact) mass is 247 g/mol. The van der Waals surface area contributed by atoms with Gasteiger partial charge in [0.05, 0.1) is 5.25 Å². The minimum Gasteiger partial charge on any atom is -0.228 e. The van der Waals surface area contributed by atoms with E-state index in [4.69, 9.17) is 5.14 Å². The van der Waals surface area contributed by atoms with Gasteiger partial charge in [0.25, 0.3) is 0 Å². The quantitative estimate of drug-likeness (QED) is 0.517. The molecule has 0 heterocycles. The lowest BCUT2D eigenvalue weighted by atomic mass is 11.0. The third-order valence-electron chi connectivity index (χ3n) is 1.08. The summed E-state index contributed by atoms with van der Waals surface area (Å²) in [5, 5.41) is 4.55. The van der Waals surface area contributed by atoms with Gasteiger partial charge in [0, 0.05) is 3.92 Å². The van der Waals surface area contributed by atoms with E-state index in [1.54, 1.807) is 0 Å². The molecule has 0 bridgehead atoms. The van der Waals surface area contributed by atoms with Crippen molar-refractivity contribution in [2.75, 3.05) is 0 Å². The minimum absolute atomic E-state index is 0.247. The van der Waals surface area contributed by atoms with E-state index in [1.807, 2.05) is 0 Å². The maximum Gasteiger partial charge on any atom is 0.213 e. The number of alkyl halides is 1. The number of sulfonamides is 1. The van der Waals surface area contributed by atoms with Gasteiger partial charge in [-0.3, -0.25) is 0 Å². The zero-order valence-corrected chi connectivity index (χ0v) is 7.02. The third-order valence-corrected chi connectivity index (χ3v) is 4.31. The third kappa shape index (κ3) is 1.32. The van der Waals surface area contributed by atoms with Crippen LogP contribution in [-0.4, -0.2) is 17.6 Å². The van der Waals surface area contributed by atoms with E-state index >= 15 is 0 Å². The van der Waals surface area contributed by atoms with E-state index in [0.717, 1.165) is 6.42 Å². The second-order valence-corrected chi connectivity index (χ2v) is 5.26. The highest BCUT2D eigenvalue weighted by Crippen LogP contribution is 2.35. The zero-order valence-electron chi connectivity index (χ0n) is 4.04. The van der Waals surface area contributed by atoms with Crippen LogP contribution in [0.4, 0.5) is 0 Å². The van der Waals surface area contributed by atoms with Crippen LogP contribution in [0.5, 0.6) is 0 Å². The first kappa shape index (κ1) is 6.76. The molecule has 0 radical (unpaired) electrons. The van der Waals surface area contributed by atoms with Crippen molar-refractivity contribution in [2.45, 2.75) is 15.6 Å². The number of halogens is 1. The van der Waals surface area contributed by atoms with Crippen molar-refractivity contribution in [3.8, 4) is 0 Å². The molecule has 1 saturated carbocycles. The molecule has 1 aliphatic rings. The van der Waals surface area contributed by atoms with Crippen LogP contribution in [0.15, 0.2) is 0 Å². The smallest absolute Gasteiger partial charge is 0.213 e. The number of rotatable bonds is 1. The lowest BCUT2D eigenvalue weighted by Crippen LogP contribution is -2.18. The first-order chi connectivity index (χ1) is 3.52. The highest BCUT2D eigenvalue weighted by molar-refractivity contribution is 14.1. The van der Waals surface area contributed by atoms with E-state index in [9.17, 15) is 8.42 Å². The molecule has 0 spiro atoms. The fourth-order valence-corrected chi connectivity index (χ4v) is 3.49. The molecule has 0 saturated heterocycles. The van der Waals surface area contributed by atoms with Gasteiger partial charge in [-0.15, -0.1) is 0 Å². The van der Waals surface area contributed by atoms with Crippen LogP contribution >= 0.6 is 22.6 Å². The van der Waals surface area contributed by atoms with E-state index < -0.39 is 10.0 Å². The van der Waals surface area contributed by atoms with Crippen molar-refractivity contribution in [2.24, 2.45) is 5.14 Å². The number of primary sulfonamides is 1. The fourth-order valence-electron chi connectivity index (χ4n) is 0.483. The molecule has 0 amide bonds. The number of nitrogens with two attached hydrogens (primary N) is 1. The molecule has 2 atom stereocenters. The molecule has 1 fully saturated rings. The second kappa shape index (κ2) is 1.81. The summed E-state index contributed by atoms with van der Waals surface area (Å²) in [6.07, 6.45) is 0.736. The first-order valence-electron chi connectivity index (χ1n) is 2.17. The van der Waals surface area contributed by atoms with Crippen LogP contribution in [0.25, 0.3) is 0 Å². The lowest BCUT2D eigenvalue weighted by Gasteiger charge is -1.87. The summed E-state index contributed by atoms with van der Waals surface area (Å²) in [4.78, 5) is 0. The Morgan fingerprint density at radius 3 is 2.00 bits per heavy atom. The predicted octanol–water partition coefficient (Wildman–Crippen LogP) is -0.149. The highest BCUT2D eigenvalue weighted by atomic mass is 127. The molecular formula is C3H6INO2S. The lowest BCUT2D eigenvalue weighted by molar-refractivity contribution is 0.597. The average molecular weight is 247 g/mol. The summed E-state index contributed by atoms with van der Waals surface area (Å²) >= 11 is 2.08. The van der Waals surface area contributed by atoms with Gasteiger partial charge in [-0.25, -0.2) is 13.6 Å². The molecule has 0 aromatic carbocycles. The Kier molecular flexibility index (Phi) is 1.53. The molecule has 1 aliphatic carbocycles. The van der Waals surface area contributed by atoms with Gasteiger partial charge in [-0.1, -0.05) is 22.6 Å². The van der Waals surface area contributed by atoms with E-state index in [2.05, 4.69) is 22.6 Å². The Morgan fingerprint density at radius 2 is 2.00 bits per heavy atom. The standard InChI is InChI=1S/C3H6INO2S/c4-2-1-3(2)8(5,6)7/h2-3H,1H2,(H2,5,6,7)/t2-,3-/m1/s1. The summed E-state index contributed by atoms with van der Waals surface area (Å²) < 4.78 is 21.0. The molecule has 3 nitrogen and oxygen atoms in total. The van der Waals surface area contributed by atoms with Gasteiger partial charge in [0.2, 0.25) is 10.0 Å². The van der Waals surface area contributed by atoms with Crippen LogP contribution in [0.3, 0.4) is 0 Å². The van der Waals surface area contributed by atoms with Crippen molar-refractivity contribution in [1.82, 2.24) is 0 Å². The summed E-state index contributed by atoms with van der Waals surface area (Å²) in [7, 11) is -3.19. The zero-order chi connectivity index (χ0) is 6.36. The summed E-state index contributed by atoms with van der Waals surface area (Å²) in [5.74, 6) is 0. The van der Waals surface area contributed by atoms with E-state index in [-0.39, 0.29) is 9.17 Å². The number of hydrogen-bond donors (Lipinski definition) is 1. The molecule has 2 N–H and O–H groups in total. The maximum atomic E-state index is 10.4. The van der Waals surface area contributed by atoms with Crippen LogP contribution in [-0.2, 0) is 10.0 Å². The van der Waals surface area contributed by atoms with Gasteiger partial charge in [-0.05, 0) is 6.42 Å². The van der Waals surface area contributed by atoms with Crippen LogP contribution < -0.4 is 5.14 Å². The molecule has 8 heavy (non-hydrogen) atoms. The van der Waals surface area contributed by atoms with Gasteiger partial charge in [-0.2, -0.15) is 0 Å². The van der Waals surface area contributed by atoms with Gasteiger partial charge >= 0.3 is 0 Å². The van der Waals surface area contributed by atoms with Crippen molar-refractivity contribution in [1.29, 1.82) is 0 Å². The van der Waals surface area contributed by atoms with Gasteiger partial charge in [0.1, 0.15) is 0 Å². The maximum absolute atomic E-state index is 10.4.